The molecule has 5 nitrogen and oxygen atoms in total. The second-order valence-electron chi connectivity index (χ2n) is 6.97. The zero-order valence-electron chi connectivity index (χ0n) is 14.7. The number of para-hydroxylation sites is 1. The van der Waals surface area contributed by atoms with E-state index in [1.54, 1.807) is 13.2 Å². The summed E-state index contributed by atoms with van der Waals surface area (Å²) in [6, 6.07) is 14.9. The van der Waals surface area contributed by atoms with Crippen molar-refractivity contribution in [3.63, 3.8) is 0 Å². The lowest BCUT2D eigenvalue weighted by Gasteiger charge is -2.34. The van der Waals surface area contributed by atoms with E-state index in [0.29, 0.717) is 43.7 Å². The van der Waals surface area contributed by atoms with Crippen molar-refractivity contribution >= 4 is 11.7 Å². The van der Waals surface area contributed by atoms with Crippen molar-refractivity contribution in [2.75, 3.05) is 20.2 Å². The van der Waals surface area contributed by atoms with Crippen LogP contribution in [0.3, 0.4) is 0 Å². The van der Waals surface area contributed by atoms with Crippen molar-refractivity contribution in [2.45, 2.75) is 24.9 Å². The van der Waals surface area contributed by atoms with Crippen LogP contribution < -0.4 is 9.47 Å². The van der Waals surface area contributed by atoms with Gasteiger partial charge in [-0.3, -0.25) is 9.59 Å². The number of hydrogen-bond acceptors (Lipinski definition) is 4. The van der Waals surface area contributed by atoms with E-state index in [9.17, 15) is 9.59 Å². The maximum Gasteiger partial charge on any atom is 0.227 e. The molecular formula is C21H21NO4. The Morgan fingerprint density at radius 2 is 1.96 bits per heavy atom. The number of methoxy groups -OCH3 is 1. The molecule has 2 aromatic rings. The van der Waals surface area contributed by atoms with Crippen LogP contribution in [0.5, 0.6) is 11.5 Å². The molecule has 0 radical (unpaired) electrons. The van der Waals surface area contributed by atoms with Gasteiger partial charge >= 0.3 is 0 Å². The summed E-state index contributed by atoms with van der Waals surface area (Å²) in [5, 5.41) is 0. The molecule has 1 saturated heterocycles. The third-order valence-corrected chi connectivity index (χ3v) is 5.18. The average molecular weight is 351 g/mol. The minimum absolute atomic E-state index is 0.0574. The number of carbonyl (C=O) groups excluding carboxylic acids is 2. The molecule has 2 aromatic carbocycles. The molecule has 0 bridgehead atoms. The summed E-state index contributed by atoms with van der Waals surface area (Å²) in [4.78, 5) is 27.0. The molecule has 2 heterocycles. The monoisotopic (exact) mass is 351 g/mol. The highest BCUT2D eigenvalue weighted by atomic mass is 16.5. The number of benzene rings is 2. The number of likely N-dealkylation sites (tertiary alicyclic amines) is 1. The summed E-state index contributed by atoms with van der Waals surface area (Å²) in [7, 11) is 1.62. The predicted octanol–water partition coefficient (Wildman–Crippen LogP) is 2.87. The minimum Gasteiger partial charge on any atom is -0.497 e. The number of ether oxygens (including phenoxy) is 2. The van der Waals surface area contributed by atoms with Crippen molar-refractivity contribution < 1.29 is 19.1 Å². The first-order chi connectivity index (χ1) is 12.6. The molecule has 1 unspecified atom stereocenters. The Bertz CT molecular complexity index is 845. The van der Waals surface area contributed by atoms with Crippen LogP contribution in [-0.4, -0.2) is 42.4 Å². The first-order valence-corrected chi connectivity index (χ1v) is 8.80. The van der Waals surface area contributed by atoms with E-state index in [1.807, 2.05) is 47.4 Å². The van der Waals surface area contributed by atoms with Gasteiger partial charge in [0.15, 0.2) is 5.78 Å². The first kappa shape index (κ1) is 16.6. The molecule has 26 heavy (non-hydrogen) atoms. The fourth-order valence-corrected chi connectivity index (χ4v) is 3.76. The minimum atomic E-state index is -0.582. The predicted molar refractivity (Wildman–Crippen MR) is 96.6 cm³/mol. The van der Waals surface area contributed by atoms with E-state index in [-0.39, 0.29) is 11.7 Å². The Balaban J connectivity index is 1.45. The summed E-state index contributed by atoms with van der Waals surface area (Å²) in [6.45, 7) is 1.08. The highest BCUT2D eigenvalue weighted by Crippen LogP contribution is 2.38. The fourth-order valence-electron chi connectivity index (χ4n) is 3.76. The standard InChI is InChI=1S/C21H21NO4/c1-25-16-8-6-15(7-9-16)12-20(24)22-11-10-21(14-22)13-18(23)17-4-2-3-5-19(17)26-21/h2-9H,10-14H2,1H3. The molecule has 134 valence electrons. The fraction of sp³-hybridized carbons (Fsp3) is 0.333. The Morgan fingerprint density at radius 1 is 1.19 bits per heavy atom. The molecule has 1 spiro atoms. The summed E-state index contributed by atoms with van der Waals surface area (Å²) in [6.07, 6.45) is 1.35. The van der Waals surface area contributed by atoms with E-state index in [4.69, 9.17) is 9.47 Å². The van der Waals surface area contributed by atoms with E-state index in [2.05, 4.69) is 0 Å². The SMILES string of the molecule is COc1ccc(CC(=O)N2CCC3(CC(=O)c4ccccc4O3)C2)cc1. The number of rotatable bonds is 3. The zero-order valence-corrected chi connectivity index (χ0v) is 14.7. The zero-order chi connectivity index (χ0) is 18.1. The van der Waals surface area contributed by atoms with Crippen LogP contribution in [0.2, 0.25) is 0 Å². The van der Waals surface area contributed by atoms with Gasteiger partial charge in [-0.1, -0.05) is 24.3 Å². The van der Waals surface area contributed by atoms with Gasteiger partial charge in [0, 0.05) is 13.0 Å². The van der Waals surface area contributed by atoms with Crippen LogP contribution in [0.1, 0.15) is 28.8 Å². The molecule has 0 aliphatic carbocycles. The van der Waals surface area contributed by atoms with Gasteiger partial charge in [0.25, 0.3) is 0 Å². The summed E-state index contributed by atoms with van der Waals surface area (Å²) in [5.74, 6) is 1.56. The number of nitrogens with zero attached hydrogens (tertiary/aromatic N) is 1. The van der Waals surface area contributed by atoms with Gasteiger partial charge in [-0.05, 0) is 29.8 Å². The van der Waals surface area contributed by atoms with Crippen molar-refractivity contribution in [1.29, 1.82) is 0 Å². The molecule has 2 aliphatic rings. The van der Waals surface area contributed by atoms with Crippen molar-refractivity contribution in [1.82, 2.24) is 4.90 Å². The van der Waals surface area contributed by atoms with Gasteiger partial charge in [0.1, 0.15) is 17.1 Å². The third kappa shape index (κ3) is 3.05. The first-order valence-electron chi connectivity index (χ1n) is 8.80. The number of carbonyl (C=O) groups is 2. The molecule has 1 fully saturated rings. The molecule has 0 saturated carbocycles. The van der Waals surface area contributed by atoms with Gasteiger partial charge in [-0.2, -0.15) is 0 Å². The van der Waals surface area contributed by atoms with Gasteiger partial charge in [0.2, 0.25) is 5.91 Å². The van der Waals surface area contributed by atoms with Crippen LogP contribution in [0.15, 0.2) is 48.5 Å². The van der Waals surface area contributed by atoms with Crippen LogP contribution in [0.25, 0.3) is 0 Å². The largest absolute Gasteiger partial charge is 0.497 e. The maximum atomic E-state index is 12.7. The van der Waals surface area contributed by atoms with Gasteiger partial charge < -0.3 is 14.4 Å². The van der Waals surface area contributed by atoms with E-state index in [1.165, 1.54) is 0 Å². The second-order valence-corrected chi connectivity index (χ2v) is 6.97. The lowest BCUT2D eigenvalue weighted by molar-refractivity contribution is -0.130. The topological polar surface area (TPSA) is 55.8 Å². The van der Waals surface area contributed by atoms with E-state index < -0.39 is 5.60 Å². The summed E-state index contributed by atoms with van der Waals surface area (Å²) < 4.78 is 11.3. The van der Waals surface area contributed by atoms with Crippen LogP contribution >= 0.6 is 0 Å². The Hall–Kier alpha value is -2.82. The van der Waals surface area contributed by atoms with E-state index in [0.717, 1.165) is 11.3 Å². The normalized spacial score (nSPS) is 21.4. The van der Waals surface area contributed by atoms with Crippen LogP contribution in [0.4, 0.5) is 0 Å². The Morgan fingerprint density at radius 3 is 2.73 bits per heavy atom. The lowest BCUT2D eigenvalue weighted by atomic mass is 9.89. The van der Waals surface area contributed by atoms with Gasteiger partial charge in [-0.15, -0.1) is 0 Å². The second kappa shape index (κ2) is 6.48. The molecule has 4 rings (SSSR count). The Kier molecular flexibility index (Phi) is 4.15. The van der Waals surface area contributed by atoms with Crippen molar-refractivity contribution in [3.05, 3.63) is 59.7 Å². The van der Waals surface area contributed by atoms with Crippen molar-refractivity contribution in [3.8, 4) is 11.5 Å². The van der Waals surface area contributed by atoms with Crippen LogP contribution in [-0.2, 0) is 11.2 Å². The number of amides is 1. The summed E-state index contributed by atoms with van der Waals surface area (Å²) >= 11 is 0. The molecule has 5 heteroatoms. The highest BCUT2D eigenvalue weighted by Gasteiger charge is 2.46. The average Bonchev–Trinajstić information content (AvgIpc) is 3.05. The quantitative estimate of drug-likeness (QED) is 0.853. The third-order valence-electron chi connectivity index (χ3n) is 5.18. The molecule has 1 amide bonds. The van der Waals surface area contributed by atoms with Gasteiger partial charge in [0.05, 0.1) is 32.1 Å². The van der Waals surface area contributed by atoms with E-state index >= 15 is 0 Å². The van der Waals surface area contributed by atoms with Crippen LogP contribution in [0, 0.1) is 0 Å². The van der Waals surface area contributed by atoms with Crippen molar-refractivity contribution in [2.24, 2.45) is 0 Å². The highest BCUT2D eigenvalue weighted by molar-refractivity contribution is 6.00. The smallest absolute Gasteiger partial charge is 0.227 e. The molecule has 0 N–H and O–H groups in total. The number of hydrogen-bond donors (Lipinski definition) is 0. The Labute approximate surface area is 152 Å². The van der Waals surface area contributed by atoms with Gasteiger partial charge in [-0.25, -0.2) is 0 Å². The molecule has 2 aliphatic heterocycles. The number of ketones is 1. The summed E-state index contributed by atoms with van der Waals surface area (Å²) in [5.41, 5.74) is 1.00. The molecular weight excluding hydrogens is 330 g/mol. The number of fused-ring (bicyclic) bond motifs is 1. The maximum absolute atomic E-state index is 12.7. The number of Topliss-reactive ketones (excluding diaryl/α,β-unsaturated/α-hetero) is 1. The molecule has 1 atom stereocenters. The lowest BCUT2D eigenvalue weighted by Crippen LogP contribution is -2.45. The molecule has 0 aromatic heterocycles.